The highest BCUT2D eigenvalue weighted by Gasteiger charge is 2.51. The Morgan fingerprint density at radius 2 is 0.930 bits per heavy atom. The molecule has 0 radical (unpaired) electrons. The van der Waals surface area contributed by atoms with E-state index in [0.717, 1.165) is 57.8 Å². The van der Waals surface area contributed by atoms with Gasteiger partial charge in [-0.05, 0) is 38.5 Å². The molecule has 1 saturated carbocycles. The molecule has 13 heteroatoms. The van der Waals surface area contributed by atoms with E-state index in [-0.39, 0.29) is 13.0 Å². The van der Waals surface area contributed by atoms with Crippen molar-refractivity contribution in [2.45, 2.75) is 243 Å². The Morgan fingerprint density at radius 3 is 1.39 bits per heavy atom. The predicted octanol–water partition coefficient (Wildman–Crippen LogP) is 9.14. The van der Waals surface area contributed by atoms with Gasteiger partial charge in [0.05, 0.1) is 13.2 Å². The van der Waals surface area contributed by atoms with Crippen LogP contribution in [0.1, 0.15) is 200 Å². The van der Waals surface area contributed by atoms with Crippen LogP contribution in [0, 0.1) is 0 Å². The predicted molar refractivity (Wildman–Crippen MR) is 226 cm³/mol. The van der Waals surface area contributed by atoms with E-state index in [2.05, 4.69) is 26.0 Å². The maximum Gasteiger partial charge on any atom is 0.472 e. The zero-order valence-corrected chi connectivity index (χ0v) is 36.8. The van der Waals surface area contributed by atoms with Crippen LogP contribution in [0.4, 0.5) is 0 Å². The molecule has 0 aromatic heterocycles. The van der Waals surface area contributed by atoms with Crippen molar-refractivity contribution >= 4 is 13.8 Å². The van der Waals surface area contributed by atoms with Crippen molar-refractivity contribution in [1.82, 2.24) is 0 Å². The van der Waals surface area contributed by atoms with E-state index >= 15 is 0 Å². The number of hydrogen-bond acceptors (Lipinski definition) is 11. The SMILES string of the molecule is CCCCCCC/C=C\CCCCCCCC(=O)O[C@H](COCCCCCCCCCCCCCCCCCC)COP(=O)(O)OC1C(O)C(O)C(O)[C@@H](O)C1O. The second kappa shape index (κ2) is 35.8. The Bertz CT molecular complexity index is 1000. The summed E-state index contributed by atoms with van der Waals surface area (Å²) in [6, 6.07) is 0. The van der Waals surface area contributed by atoms with Gasteiger partial charge in [-0.3, -0.25) is 13.8 Å². The average Bonchev–Trinajstić information content (AvgIpc) is 3.19. The first-order valence-electron chi connectivity index (χ1n) is 23.0. The summed E-state index contributed by atoms with van der Waals surface area (Å²) in [7, 11) is -5.01. The molecule has 8 atom stereocenters. The van der Waals surface area contributed by atoms with Gasteiger partial charge in [-0.2, -0.15) is 0 Å². The Labute approximate surface area is 346 Å². The van der Waals surface area contributed by atoms with Crippen LogP contribution in [-0.2, 0) is 27.9 Å². The van der Waals surface area contributed by atoms with Gasteiger partial charge in [0.25, 0.3) is 0 Å². The first-order chi connectivity index (χ1) is 27.5. The van der Waals surface area contributed by atoms with Gasteiger partial charge in [-0.25, -0.2) is 4.57 Å². The van der Waals surface area contributed by atoms with Crippen LogP contribution < -0.4 is 0 Å². The number of carbonyl (C=O) groups excluding carboxylic acids is 1. The summed E-state index contributed by atoms with van der Waals surface area (Å²) in [5.41, 5.74) is 0. The number of allylic oxidation sites excluding steroid dienone is 2. The Hall–Kier alpha value is -0.920. The number of aliphatic hydroxyl groups is 5. The van der Waals surface area contributed by atoms with Crippen LogP contribution in [0.3, 0.4) is 0 Å². The van der Waals surface area contributed by atoms with Gasteiger partial charge >= 0.3 is 13.8 Å². The zero-order valence-electron chi connectivity index (χ0n) is 35.9. The summed E-state index contributed by atoms with van der Waals surface area (Å²) >= 11 is 0. The van der Waals surface area contributed by atoms with E-state index in [4.69, 9.17) is 18.5 Å². The minimum absolute atomic E-state index is 0.0744. The molecular weight excluding hydrogens is 751 g/mol. The molecule has 57 heavy (non-hydrogen) atoms. The molecule has 338 valence electrons. The van der Waals surface area contributed by atoms with Crippen molar-refractivity contribution in [3.8, 4) is 0 Å². The van der Waals surface area contributed by atoms with E-state index in [1.54, 1.807) is 0 Å². The molecule has 1 fully saturated rings. The number of ether oxygens (including phenoxy) is 2. The molecule has 6 N–H and O–H groups in total. The average molecular weight is 837 g/mol. The highest BCUT2D eigenvalue weighted by Crippen LogP contribution is 2.47. The number of unbranched alkanes of at least 4 members (excludes halogenated alkanes) is 25. The highest BCUT2D eigenvalue weighted by atomic mass is 31.2. The van der Waals surface area contributed by atoms with Gasteiger partial charge in [0.15, 0.2) is 0 Å². The van der Waals surface area contributed by atoms with Crippen LogP contribution in [0.25, 0.3) is 0 Å². The maximum atomic E-state index is 12.8. The first kappa shape index (κ1) is 54.1. The zero-order chi connectivity index (χ0) is 42.0. The van der Waals surface area contributed by atoms with Crippen molar-refractivity contribution in [3.63, 3.8) is 0 Å². The lowest BCUT2D eigenvalue weighted by molar-refractivity contribution is -0.220. The van der Waals surface area contributed by atoms with E-state index in [0.29, 0.717) is 13.0 Å². The van der Waals surface area contributed by atoms with Crippen LogP contribution in [0.5, 0.6) is 0 Å². The third kappa shape index (κ3) is 28.3. The molecule has 0 aromatic rings. The monoisotopic (exact) mass is 837 g/mol. The van der Waals surface area contributed by atoms with Gasteiger partial charge < -0.3 is 39.9 Å². The Kier molecular flexibility index (Phi) is 34.0. The maximum absolute atomic E-state index is 12.8. The van der Waals surface area contributed by atoms with Crippen molar-refractivity contribution in [1.29, 1.82) is 0 Å². The fourth-order valence-corrected chi connectivity index (χ4v) is 8.15. The second-order valence-corrected chi connectivity index (χ2v) is 17.7. The molecule has 0 amide bonds. The fourth-order valence-electron chi connectivity index (χ4n) is 7.17. The van der Waals surface area contributed by atoms with Crippen LogP contribution in [0.2, 0.25) is 0 Å². The highest BCUT2D eigenvalue weighted by molar-refractivity contribution is 7.47. The molecule has 1 aliphatic rings. The van der Waals surface area contributed by atoms with Crippen LogP contribution in [0.15, 0.2) is 12.2 Å². The molecule has 0 aromatic carbocycles. The number of phosphoric ester groups is 1. The van der Waals surface area contributed by atoms with Gasteiger partial charge in [-0.1, -0.05) is 167 Å². The number of carbonyl (C=O) groups is 1. The summed E-state index contributed by atoms with van der Waals surface area (Å²) in [5, 5.41) is 50.1. The lowest BCUT2D eigenvalue weighted by Gasteiger charge is -2.41. The smallest absolute Gasteiger partial charge is 0.457 e. The standard InChI is InChI=1S/C44H85O12P/c1-3-5-7-9-11-13-15-17-19-20-22-24-26-28-30-32-34-53-35-37(36-54-57(51,52)56-44-42(49)40(47)39(46)41(48)43(44)50)55-38(45)33-31-29-27-25-23-21-18-16-14-12-10-8-6-4-2/h16,18,37,39-44,46-50H,3-15,17,19-36H2,1-2H3,(H,51,52)/b18-16-/t37-,39?,40-,41?,42?,43?,44?/m1/s1. The number of esters is 1. The van der Waals surface area contributed by atoms with Crippen molar-refractivity contribution in [2.24, 2.45) is 0 Å². The molecule has 0 spiro atoms. The topological polar surface area (TPSA) is 192 Å². The minimum Gasteiger partial charge on any atom is -0.457 e. The summed E-state index contributed by atoms with van der Waals surface area (Å²) in [6.07, 6.45) is 25.6. The number of aliphatic hydroxyl groups excluding tert-OH is 5. The third-order valence-electron chi connectivity index (χ3n) is 10.9. The number of hydrogen-bond donors (Lipinski definition) is 6. The van der Waals surface area contributed by atoms with Gasteiger partial charge in [0, 0.05) is 13.0 Å². The van der Waals surface area contributed by atoms with Crippen LogP contribution in [-0.4, -0.2) is 98.9 Å². The second-order valence-electron chi connectivity index (χ2n) is 16.3. The molecular formula is C44H85O12P. The van der Waals surface area contributed by atoms with Gasteiger partial charge in [0.1, 0.15) is 42.7 Å². The van der Waals surface area contributed by atoms with E-state index in [9.17, 15) is 39.8 Å². The first-order valence-corrected chi connectivity index (χ1v) is 24.5. The number of rotatable bonds is 39. The van der Waals surface area contributed by atoms with E-state index in [1.807, 2.05) is 0 Å². The van der Waals surface area contributed by atoms with Crippen molar-refractivity contribution < 1.29 is 58.3 Å². The Morgan fingerprint density at radius 1 is 0.544 bits per heavy atom. The normalized spacial score (nSPS) is 22.9. The lowest BCUT2D eigenvalue weighted by Crippen LogP contribution is -2.64. The van der Waals surface area contributed by atoms with Gasteiger partial charge in [0.2, 0.25) is 0 Å². The Balaban J connectivity index is 2.39. The summed E-state index contributed by atoms with van der Waals surface area (Å²) in [5.74, 6) is -0.483. The van der Waals surface area contributed by atoms with E-state index in [1.165, 1.54) is 116 Å². The third-order valence-corrected chi connectivity index (χ3v) is 11.9. The van der Waals surface area contributed by atoms with E-state index < -0.39 is 63.1 Å². The van der Waals surface area contributed by atoms with Crippen molar-refractivity contribution in [3.05, 3.63) is 12.2 Å². The summed E-state index contributed by atoms with van der Waals surface area (Å²) < 4.78 is 34.2. The molecule has 12 nitrogen and oxygen atoms in total. The molecule has 0 aliphatic heterocycles. The summed E-state index contributed by atoms with van der Waals surface area (Å²) in [4.78, 5) is 23.1. The molecule has 0 saturated heterocycles. The van der Waals surface area contributed by atoms with Crippen molar-refractivity contribution in [2.75, 3.05) is 19.8 Å². The molecule has 1 rings (SSSR count). The molecule has 0 bridgehead atoms. The largest absolute Gasteiger partial charge is 0.472 e. The molecule has 0 heterocycles. The molecule has 1 aliphatic carbocycles. The quantitative estimate of drug-likeness (QED) is 0.0149. The minimum atomic E-state index is -5.01. The summed E-state index contributed by atoms with van der Waals surface area (Å²) in [6.45, 7) is 4.26. The molecule has 6 unspecified atom stereocenters. The van der Waals surface area contributed by atoms with Gasteiger partial charge in [-0.15, -0.1) is 0 Å². The fraction of sp³-hybridized carbons (Fsp3) is 0.932. The van der Waals surface area contributed by atoms with Crippen LogP contribution >= 0.6 is 7.82 Å². The lowest BCUT2D eigenvalue weighted by atomic mass is 9.85. The number of phosphoric acid groups is 1.